The summed E-state index contributed by atoms with van der Waals surface area (Å²) in [5, 5.41) is 4.63. The maximum absolute atomic E-state index is 12.9. The molecule has 0 radical (unpaired) electrons. The van der Waals surface area contributed by atoms with Crippen LogP contribution in [0.15, 0.2) is 47.5 Å². The molecule has 0 fully saturated rings. The van der Waals surface area contributed by atoms with E-state index >= 15 is 0 Å². The van der Waals surface area contributed by atoms with E-state index in [1.807, 2.05) is 13.8 Å². The minimum atomic E-state index is -0.219. The Morgan fingerprint density at radius 3 is 2.33 bits per heavy atom. The number of carbonyl (C=O) groups is 3. The van der Waals surface area contributed by atoms with Gasteiger partial charge >= 0.3 is 0 Å². The van der Waals surface area contributed by atoms with E-state index in [1.165, 1.54) is 16.6 Å². The number of anilines is 1. The average molecular weight is 474 g/mol. The van der Waals surface area contributed by atoms with Crippen LogP contribution in [0.1, 0.15) is 48.1 Å². The first-order valence-electron chi connectivity index (χ1n) is 10.3. The topological polar surface area (TPSA) is 89.0 Å². The smallest absolute Gasteiger partial charge is 0.234 e. The molecule has 6 nitrogen and oxygen atoms in total. The third-order valence-electron chi connectivity index (χ3n) is 5.66. The van der Waals surface area contributed by atoms with Crippen molar-refractivity contribution in [3.8, 4) is 0 Å². The molecule has 1 aliphatic carbocycles. The summed E-state index contributed by atoms with van der Waals surface area (Å²) in [6.45, 7) is 5.94. The minimum Gasteiger partial charge on any atom is -0.325 e. The predicted octanol–water partition coefficient (Wildman–Crippen LogP) is 5.12. The molecule has 2 heterocycles. The van der Waals surface area contributed by atoms with Crippen molar-refractivity contribution < 1.29 is 14.4 Å². The third-order valence-corrected chi connectivity index (χ3v) is 7.73. The second kappa shape index (κ2) is 8.20. The Bertz CT molecular complexity index is 1490. The molecular weight excluding hydrogens is 454 g/mol. The standard InChI is InChI=1S/C25H19N3O3S2/c1-12-13(2)33-25-21(12)24(26-14(3)27-25)32-11-20(29)28-15-8-9-18-19(10-15)23(31)17-7-5-4-6-16(17)22(18)30/h4-10H,11H2,1-3H3,(H,28,29). The number of aromatic nitrogens is 2. The molecule has 1 aliphatic rings. The molecule has 1 amide bonds. The van der Waals surface area contributed by atoms with E-state index in [2.05, 4.69) is 22.2 Å². The number of thiophene rings is 1. The third kappa shape index (κ3) is 3.75. The summed E-state index contributed by atoms with van der Waals surface area (Å²) in [7, 11) is 0. The monoisotopic (exact) mass is 473 g/mol. The zero-order valence-corrected chi connectivity index (χ0v) is 19.8. The van der Waals surface area contributed by atoms with Crippen molar-refractivity contribution in [2.24, 2.45) is 0 Å². The summed E-state index contributed by atoms with van der Waals surface area (Å²) < 4.78 is 0. The largest absolute Gasteiger partial charge is 0.325 e. The highest BCUT2D eigenvalue weighted by atomic mass is 32.2. The summed E-state index contributed by atoms with van der Waals surface area (Å²) in [6.07, 6.45) is 0. The van der Waals surface area contributed by atoms with Crippen molar-refractivity contribution in [2.45, 2.75) is 25.8 Å². The molecule has 33 heavy (non-hydrogen) atoms. The van der Waals surface area contributed by atoms with E-state index in [9.17, 15) is 14.4 Å². The molecule has 0 aliphatic heterocycles. The fourth-order valence-electron chi connectivity index (χ4n) is 3.93. The van der Waals surface area contributed by atoms with Gasteiger partial charge in [0.2, 0.25) is 5.91 Å². The van der Waals surface area contributed by atoms with Crippen molar-refractivity contribution in [1.29, 1.82) is 0 Å². The molecule has 2 aromatic heterocycles. The lowest BCUT2D eigenvalue weighted by Crippen LogP contribution is -2.21. The van der Waals surface area contributed by atoms with Crippen molar-refractivity contribution in [3.63, 3.8) is 0 Å². The molecule has 0 bridgehead atoms. The van der Waals surface area contributed by atoms with Gasteiger partial charge in [-0.3, -0.25) is 14.4 Å². The Morgan fingerprint density at radius 1 is 0.939 bits per heavy atom. The van der Waals surface area contributed by atoms with Crippen LogP contribution in [0.2, 0.25) is 0 Å². The summed E-state index contributed by atoms with van der Waals surface area (Å²) >= 11 is 2.99. The first-order valence-corrected chi connectivity index (χ1v) is 12.1. The number of hydrogen-bond donors (Lipinski definition) is 1. The van der Waals surface area contributed by atoms with Gasteiger partial charge in [-0.15, -0.1) is 11.3 Å². The highest BCUT2D eigenvalue weighted by Gasteiger charge is 2.29. The van der Waals surface area contributed by atoms with Gasteiger partial charge in [-0.2, -0.15) is 0 Å². The Kier molecular flexibility index (Phi) is 5.34. The van der Waals surface area contributed by atoms with Gasteiger partial charge in [0, 0.05) is 38.2 Å². The van der Waals surface area contributed by atoms with Crippen LogP contribution in [0.25, 0.3) is 10.2 Å². The van der Waals surface area contributed by atoms with Crippen molar-refractivity contribution in [2.75, 3.05) is 11.1 Å². The zero-order valence-electron chi connectivity index (χ0n) is 18.2. The molecule has 2 aromatic carbocycles. The number of thioether (sulfide) groups is 1. The Labute approximate surface area is 198 Å². The van der Waals surface area contributed by atoms with Gasteiger partial charge in [-0.1, -0.05) is 36.0 Å². The van der Waals surface area contributed by atoms with E-state index in [0.717, 1.165) is 20.8 Å². The van der Waals surface area contributed by atoms with Gasteiger partial charge in [0.25, 0.3) is 0 Å². The quantitative estimate of drug-likeness (QED) is 0.288. The second-order valence-electron chi connectivity index (χ2n) is 7.84. The highest BCUT2D eigenvalue weighted by Crippen LogP contribution is 2.35. The lowest BCUT2D eigenvalue weighted by atomic mass is 9.84. The number of benzene rings is 2. The number of amides is 1. The zero-order chi connectivity index (χ0) is 23.3. The summed E-state index contributed by atoms with van der Waals surface area (Å²) in [5.74, 6) is 0.215. The van der Waals surface area contributed by atoms with Gasteiger partial charge in [0.1, 0.15) is 15.7 Å². The minimum absolute atomic E-state index is 0.159. The molecule has 0 saturated carbocycles. The lowest BCUT2D eigenvalue weighted by molar-refractivity contribution is -0.113. The van der Waals surface area contributed by atoms with E-state index in [4.69, 9.17) is 0 Å². The number of ketones is 2. The Morgan fingerprint density at radius 2 is 1.61 bits per heavy atom. The van der Waals surface area contributed by atoms with Gasteiger partial charge in [-0.25, -0.2) is 9.97 Å². The van der Waals surface area contributed by atoms with Crippen LogP contribution in [-0.2, 0) is 4.79 Å². The van der Waals surface area contributed by atoms with E-state index in [-0.39, 0.29) is 23.2 Å². The Balaban J connectivity index is 1.35. The molecular formula is C25H19N3O3S2. The number of hydrogen-bond acceptors (Lipinski definition) is 7. The molecule has 8 heteroatoms. The number of nitrogens with one attached hydrogen (secondary N) is 1. The van der Waals surface area contributed by atoms with Gasteiger partial charge < -0.3 is 5.32 Å². The maximum atomic E-state index is 12.9. The molecule has 4 aromatic rings. The summed E-state index contributed by atoms with van der Waals surface area (Å²) in [6, 6.07) is 11.6. The fraction of sp³-hybridized carbons (Fsp3) is 0.160. The number of aryl methyl sites for hydroxylation is 3. The first-order chi connectivity index (χ1) is 15.8. The molecule has 0 spiro atoms. The van der Waals surface area contributed by atoms with E-state index in [0.29, 0.717) is 33.8 Å². The molecule has 164 valence electrons. The van der Waals surface area contributed by atoms with Crippen LogP contribution in [0.3, 0.4) is 0 Å². The van der Waals surface area contributed by atoms with Crippen LogP contribution >= 0.6 is 23.1 Å². The van der Waals surface area contributed by atoms with E-state index in [1.54, 1.807) is 53.8 Å². The SMILES string of the molecule is Cc1nc(SCC(=O)Nc2ccc3c(c2)C(=O)c2ccccc2C3=O)c2c(C)c(C)sc2n1. The predicted molar refractivity (Wildman–Crippen MR) is 131 cm³/mol. The second-order valence-corrected chi connectivity index (χ2v) is 10.0. The molecule has 0 atom stereocenters. The van der Waals surface area contributed by atoms with Crippen LogP contribution in [0.4, 0.5) is 5.69 Å². The number of carbonyl (C=O) groups excluding carboxylic acids is 3. The van der Waals surface area contributed by atoms with Crippen molar-refractivity contribution in [3.05, 3.63) is 81.0 Å². The first kappa shape index (κ1) is 21.5. The lowest BCUT2D eigenvalue weighted by Gasteiger charge is -2.18. The molecule has 0 saturated heterocycles. The summed E-state index contributed by atoms with van der Waals surface area (Å²) in [5.41, 5.74) is 3.07. The van der Waals surface area contributed by atoms with Crippen LogP contribution < -0.4 is 5.32 Å². The number of rotatable bonds is 4. The highest BCUT2D eigenvalue weighted by molar-refractivity contribution is 8.00. The average Bonchev–Trinajstić information content (AvgIpc) is 3.09. The normalized spacial score (nSPS) is 12.6. The van der Waals surface area contributed by atoms with Crippen molar-refractivity contribution >= 4 is 56.5 Å². The van der Waals surface area contributed by atoms with Crippen LogP contribution in [-0.4, -0.2) is 33.2 Å². The molecule has 1 N–H and O–H groups in total. The van der Waals surface area contributed by atoms with Crippen molar-refractivity contribution in [1.82, 2.24) is 9.97 Å². The van der Waals surface area contributed by atoms with Gasteiger partial charge in [0.15, 0.2) is 11.6 Å². The maximum Gasteiger partial charge on any atom is 0.234 e. The Hall–Kier alpha value is -3.36. The fourth-order valence-corrected chi connectivity index (χ4v) is 6.00. The molecule has 5 rings (SSSR count). The molecule has 0 unspecified atom stereocenters. The van der Waals surface area contributed by atoms with Crippen LogP contribution in [0.5, 0.6) is 0 Å². The van der Waals surface area contributed by atoms with E-state index < -0.39 is 0 Å². The van der Waals surface area contributed by atoms with Gasteiger partial charge in [-0.05, 0) is 44.5 Å². The summed E-state index contributed by atoms with van der Waals surface area (Å²) in [4.78, 5) is 49.5. The van der Waals surface area contributed by atoms with Gasteiger partial charge in [0.05, 0.1) is 5.75 Å². The van der Waals surface area contributed by atoms with Crippen LogP contribution in [0, 0.1) is 20.8 Å². The number of fused-ring (bicyclic) bond motifs is 3. The number of nitrogens with zero attached hydrogens (tertiary/aromatic N) is 2.